The third-order valence-electron chi connectivity index (χ3n) is 4.00. The molecule has 2 aromatic rings. The molecule has 0 unspecified atom stereocenters. The molecular formula is C15H24BrN5O4. The number of hydrogen-bond acceptors (Lipinski definition) is 5. The largest absolute Gasteiger partial charge is 0.550 e. The molecule has 2 heterocycles. The van der Waals surface area contributed by atoms with Gasteiger partial charge in [0.05, 0.1) is 19.6 Å². The maximum atomic E-state index is 11.7. The van der Waals surface area contributed by atoms with Crippen LogP contribution in [-0.4, -0.2) is 44.7 Å². The number of aromatic nitrogens is 4. The van der Waals surface area contributed by atoms with Gasteiger partial charge in [0.25, 0.3) is 5.56 Å². The number of fused-ring (bicyclic) bond motifs is 1. The van der Waals surface area contributed by atoms with E-state index in [9.17, 15) is 19.5 Å². The maximum absolute atomic E-state index is 11.7. The van der Waals surface area contributed by atoms with Crippen molar-refractivity contribution in [3.8, 4) is 0 Å². The number of aryl methyl sites for hydroxylation is 2. The van der Waals surface area contributed by atoms with Crippen molar-refractivity contribution >= 4 is 33.1 Å². The number of quaternary nitrogens is 1. The lowest BCUT2D eigenvalue weighted by molar-refractivity contribution is -0.894. The minimum absolute atomic E-state index is 0.0285. The standard InChI is InChI=1S/C9H9BrN4O4.C6H15N/c1-13-6-5(7(17)12-9(13)18)14(8(10)11-6)3-2-4(15)16;1-4-7(5-2)6-3/h2-3H2,1H3,(H,15,16)(H,12,17,18);4-6H2,1-3H3. The number of carbonyl (C=O) groups is 1. The fourth-order valence-electron chi connectivity index (χ4n) is 2.37. The van der Waals surface area contributed by atoms with Gasteiger partial charge < -0.3 is 19.4 Å². The molecule has 0 fully saturated rings. The third kappa shape index (κ3) is 5.27. The number of nitrogens with one attached hydrogen (secondary N) is 2. The highest BCUT2D eigenvalue weighted by atomic mass is 79.9. The number of H-pyrrole nitrogens is 1. The molecule has 0 bridgehead atoms. The number of imidazole rings is 1. The first-order chi connectivity index (χ1) is 11.8. The molecular weight excluding hydrogens is 394 g/mol. The summed E-state index contributed by atoms with van der Waals surface area (Å²) in [7, 11) is 1.46. The predicted octanol–water partition coefficient (Wildman–Crippen LogP) is -1.74. The van der Waals surface area contributed by atoms with E-state index in [4.69, 9.17) is 0 Å². The quantitative estimate of drug-likeness (QED) is 0.540. The molecule has 0 spiro atoms. The van der Waals surface area contributed by atoms with Crippen LogP contribution in [-0.2, 0) is 18.4 Å². The average Bonchev–Trinajstić information content (AvgIpc) is 2.90. The second-order valence-corrected chi connectivity index (χ2v) is 6.16. The first-order valence-electron chi connectivity index (χ1n) is 8.15. The Bertz CT molecular complexity index is 829. The Morgan fingerprint density at radius 2 is 1.80 bits per heavy atom. The van der Waals surface area contributed by atoms with Gasteiger partial charge in [-0.15, -0.1) is 0 Å². The first kappa shape index (κ1) is 21.1. The molecule has 2 aromatic heterocycles. The van der Waals surface area contributed by atoms with Crippen LogP contribution in [0, 0.1) is 0 Å². The Morgan fingerprint density at radius 1 is 1.24 bits per heavy atom. The van der Waals surface area contributed by atoms with Crippen LogP contribution in [0.1, 0.15) is 27.2 Å². The number of hydrogen-bond donors (Lipinski definition) is 2. The zero-order valence-corrected chi connectivity index (χ0v) is 16.5. The topological polar surface area (TPSA) is 117 Å². The Morgan fingerprint density at radius 3 is 2.24 bits per heavy atom. The predicted molar refractivity (Wildman–Crippen MR) is 95.5 cm³/mol. The average molecular weight is 418 g/mol. The monoisotopic (exact) mass is 417 g/mol. The molecule has 0 saturated carbocycles. The highest BCUT2D eigenvalue weighted by molar-refractivity contribution is 9.10. The number of nitrogens with zero attached hydrogens (tertiary/aromatic N) is 3. The molecule has 0 saturated heterocycles. The number of carboxylic acid groups (broad SMARTS) is 1. The number of aromatic amines is 1. The summed E-state index contributed by atoms with van der Waals surface area (Å²) in [5, 5.41) is 10.4. The lowest BCUT2D eigenvalue weighted by Crippen LogP contribution is -3.11. The Kier molecular flexibility index (Phi) is 8.04. The molecule has 10 heteroatoms. The molecule has 0 radical (unpaired) electrons. The van der Waals surface area contributed by atoms with Gasteiger partial charge in [0.15, 0.2) is 15.9 Å². The fourth-order valence-corrected chi connectivity index (χ4v) is 2.89. The van der Waals surface area contributed by atoms with Crippen LogP contribution in [0.2, 0.25) is 0 Å². The molecule has 2 rings (SSSR count). The van der Waals surface area contributed by atoms with Crippen LogP contribution in [0.5, 0.6) is 0 Å². The summed E-state index contributed by atoms with van der Waals surface area (Å²) in [6.07, 6.45) is -0.258. The van der Waals surface area contributed by atoms with Gasteiger partial charge in [-0.25, -0.2) is 9.78 Å². The van der Waals surface area contributed by atoms with Crippen molar-refractivity contribution in [1.82, 2.24) is 19.1 Å². The first-order valence-corrected chi connectivity index (χ1v) is 8.94. The summed E-state index contributed by atoms with van der Waals surface area (Å²) >= 11 is 3.12. The van der Waals surface area contributed by atoms with Crippen LogP contribution >= 0.6 is 15.9 Å². The van der Waals surface area contributed by atoms with E-state index in [0.29, 0.717) is 0 Å². The van der Waals surface area contributed by atoms with E-state index in [0.717, 1.165) is 0 Å². The lowest BCUT2D eigenvalue weighted by Gasteiger charge is -2.10. The van der Waals surface area contributed by atoms with Crippen molar-refractivity contribution < 1.29 is 14.8 Å². The minimum atomic E-state index is -1.23. The number of carbonyl (C=O) groups excluding carboxylic acids is 1. The Hall–Kier alpha value is -1.94. The summed E-state index contributed by atoms with van der Waals surface area (Å²) in [6, 6.07) is 0. The van der Waals surface area contributed by atoms with Crippen LogP contribution in [0.3, 0.4) is 0 Å². The summed E-state index contributed by atoms with van der Waals surface area (Å²) < 4.78 is 2.84. The maximum Gasteiger partial charge on any atom is 0.329 e. The van der Waals surface area contributed by atoms with E-state index in [-0.39, 0.29) is 28.9 Å². The van der Waals surface area contributed by atoms with Gasteiger partial charge in [0, 0.05) is 26.0 Å². The van der Waals surface area contributed by atoms with Crippen LogP contribution < -0.4 is 21.3 Å². The van der Waals surface area contributed by atoms with E-state index in [2.05, 4.69) is 46.7 Å². The number of rotatable bonds is 6. The highest BCUT2D eigenvalue weighted by Gasteiger charge is 2.15. The number of carboxylic acids is 1. The van der Waals surface area contributed by atoms with E-state index < -0.39 is 17.2 Å². The lowest BCUT2D eigenvalue weighted by atomic mass is 10.4. The molecule has 0 aliphatic rings. The zero-order valence-electron chi connectivity index (χ0n) is 14.9. The van der Waals surface area contributed by atoms with Crippen LogP contribution in [0.15, 0.2) is 14.3 Å². The van der Waals surface area contributed by atoms with Crippen molar-refractivity contribution in [2.75, 3.05) is 19.6 Å². The van der Waals surface area contributed by atoms with Crippen molar-refractivity contribution in [1.29, 1.82) is 0 Å². The van der Waals surface area contributed by atoms with Crippen molar-refractivity contribution in [3.05, 3.63) is 25.6 Å². The third-order valence-corrected chi connectivity index (χ3v) is 4.61. The summed E-state index contributed by atoms with van der Waals surface area (Å²) in [4.78, 5) is 41.4. The molecule has 0 amide bonds. The van der Waals surface area contributed by atoms with E-state index in [1.165, 1.54) is 35.8 Å². The molecule has 140 valence electrons. The smallest absolute Gasteiger partial charge is 0.329 e. The molecule has 0 aromatic carbocycles. The Labute approximate surface area is 153 Å². The number of halogens is 1. The highest BCUT2D eigenvalue weighted by Crippen LogP contribution is 2.16. The second kappa shape index (κ2) is 9.52. The summed E-state index contributed by atoms with van der Waals surface area (Å²) in [6.45, 7) is 10.5. The molecule has 0 atom stereocenters. The molecule has 25 heavy (non-hydrogen) atoms. The Balaban J connectivity index is 0.000000381. The van der Waals surface area contributed by atoms with Crippen LogP contribution in [0.4, 0.5) is 0 Å². The van der Waals surface area contributed by atoms with Gasteiger partial charge in [-0.05, 0) is 36.7 Å². The van der Waals surface area contributed by atoms with E-state index >= 15 is 0 Å². The van der Waals surface area contributed by atoms with E-state index in [1.807, 2.05) is 0 Å². The second-order valence-electron chi connectivity index (χ2n) is 5.46. The SMILES string of the molecule is CC[NH+](CC)CC.Cn1c(=O)[nH]c(=O)c2c1nc(Br)n2CCC(=O)[O-]. The number of aliphatic carboxylic acids is 1. The zero-order chi connectivity index (χ0) is 19.1. The van der Waals surface area contributed by atoms with Crippen molar-refractivity contribution in [2.45, 2.75) is 33.7 Å². The molecule has 9 nitrogen and oxygen atoms in total. The van der Waals surface area contributed by atoms with Gasteiger partial charge >= 0.3 is 5.69 Å². The summed E-state index contributed by atoms with van der Waals surface area (Å²) in [5.41, 5.74) is -0.853. The van der Waals surface area contributed by atoms with Crippen molar-refractivity contribution in [2.24, 2.45) is 7.05 Å². The summed E-state index contributed by atoms with van der Waals surface area (Å²) in [5.74, 6) is -1.23. The van der Waals surface area contributed by atoms with Gasteiger partial charge in [-0.2, -0.15) is 0 Å². The van der Waals surface area contributed by atoms with Gasteiger partial charge in [-0.1, -0.05) is 0 Å². The van der Waals surface area contributed by atoms with Gasteiger partial charge in [0.1, 0.15) is 0 Å². The normalized spacial score (nSPS) is 10.8. The van der Waals surface area contributed by atoms with Gasteiger partial charge in [0.2, 0.25) is 0 Å². The molecule has 2 N–H and O–H groups in total. The molecule has 0 aliphatic carbocycles. The minimum Gasteiger partial charge on any atom is -0.550 e. The van der Waals surface area contributed by atoms with E-state index in [1.54, 1.807) is 4.90 Å². The molecule has 0 aliphatic heterocycles. The van der Waals surface area contributed by atoms with Gasteiger partial charge in [-0.3, -0.25) is 14.3 Å². The van der Waals surface area contributed by atoms with Crippen LogP contribution in [0.25, 0.3) is 11.2 Å². The van der Waals surface area contributed by atoms with Crippen molar-refractivity contribution in [3.63, 3.8) is 0 Å². The fraction of sp³-hybridized carbons (Fsp3) is 0.600.